The molecule has 4 aromatic carbocycles. The lowest BCUT2D eigenvalue weighted by Crippen LogP contribution is -2.17. The molecule has 0 aromatic heterocycles. The minimum atomic E-state index is -4.75. The molecule has 0 fully saturated rings. The second kappa shape index (κ2) is 13.8. The molecule has 0 saturated heterocycles. The van der Waals surface area contributed by atoms with Crippen LogP contribution in [0.1, 0.15) is 11.1 Å². The summed E-state index contributed by atoms with van der Waals surface area (Å²) in [7, 11) is 0. The minimum absolute atomic E-state index is 0.240. The summed E-state index contributed by atoms with van der Waals surface area (Å²) in [5, 5.41) is 0. The van der Waals surface area contributed by atoms with Crippen molar-refractivity contribution in [3.63, 3.8) is 0 Å². The SMILES string of the molecule is FC(F)(F)Oc1ccc(-c2ccc(Cc3ccc(-c4ccc(OC(F)(F)F)c(I)c4)c(I)c3I)c(I)c2I)cc1I. The summed E-state index contributed by atoms with van der Waals surface area (Å²) in [5.41, 5.74) is 5.56. The Morgan fingerprint density at radius 1 is 0.488 bits per heavy atom. The first kappa shape index (κ1) is 34.3. The lowest BCUT2D eigenvalue weighted by atomic mass is 9.98. The third kappa shape index (κ3) is 8.79. The second-order valence-corrected chi connectivity index (χ2v) is 15.0. The maximum absolute atomic E-state index is 12.7. The molecule has 0 aliphatic carbocycles. The van der Waals surface area contributed by atoms with E-state index >= 15 is 0 Å². The molecule has 0 aliphatic heterocycles. The molecule has 0 spiro atoms. The molecule has 14 heteroatoms. The first-order valence-corrected chi connectivity index (χ1v) is 17.6. The Morgan fingerprint density at radius 2 is 0.854 bits per heavy atom. The maximum atomic E-state index is 12.7. The van der Waals surface area contributed by atoms with Gasteiger partial charge in [0.25, 0.3) is 0 Å². The Hall–Kier alpha value is 0.440. The standard InChI is InChI=1S/C27H12F6I6O2/c28-26(29,30)40-20-7-3-12(10-18(20)34)16-5-1-14(22(36)24(16)38)9-15-2-6-17(25(39)23(15)37)13-4-8-21(19(35)11-13)41-27(31,32)33/h1-8,10-11H,9H2. The molecule has 2 nitrogen and oxygen atoms in total. The smallest absolute Gasteiger partial charge is 0.405 e. The average Bonchev–Trinajstić information content (AvgIpc) is 2.86. The molecule has 0 radical (unpaired) electrons. The van der Waals surface area contributed by atoms with Gasteiger partial charge in [-0.05, 0) is 200 Å². The van der Waals surface area contributed by atoms with Crippen molar-refractivity contribution in [1.29, 1.82) is 0 Å². The van der Waals surface area contributed by atoms with Crippen molar-refractivity contribution in [3.05, 3.63) is 93.2 Å². The fourth-order valence-electron chi connectivity index (χ4n) is 3.85. The third-order valence-electron chi connectivity index (χ3n) is 5.64. The highest BCUT2D eigenvalue weighted by atomic mass is 127. The van der Waals surface area contributed by atoms with Crippen LogP contribution in [0.25, 0.3) is 22.3 Å². The van der Waals surface area contributed by atoms with Gasteiger partial charge in [0.15, 0.2) is 0 Å². The second-order valence-electron chi connectivity index (χ2n) is 8.36. The molecule has 0 aliphatic rings. The topological polar surface area (TPSA) is 18.5 Å². The Labute approximate surface area is 312 Å². The molecule has 0 bridgehead atoms. The number of hydrogen-bond acceptors (Lipinski definition) is 2. The van der Waals surface area contributed by atoms with E-state index in [0.29, 0.717) is 13.6 Å². The summed E-state index contributed by atoms with van der Waals surface area (Å²) in [4.78, 5) is 0. The van der Waals surface area contributed by atoms with E-state index in [-0.39, 0.29) is 11.5 Å². The van der Waals surface area contributed by atoms with Gasteiger partial charge in [-0.15, -0.1) is 26.3 Å². The Balaban J connectivity index is 1.60. The molecule has 0 amide bonds. The molecule has 0 saturated carbocycles. The summed E-state index contributed by atoms with van der Waals surface area (Å²) in [5.74, 6) is -0.479. The van der Waals surface area contributed by atoms with Crippen molar-refractivity contribution in [3.8, 4) is 33.8 Å². The Morgan fingerprint density at radius 3 is 1.17 bits per heavy atom. The lowest BCUT2D eigenvalue weighted by Gasteiger charge is -2.16. The number of benzene rings is 4. The van der Waals surface area contributed by atoms with Crippen LogP contribution in [0.4, 0.5) is 26.3 Å². The van der Waals surface area contributed by atoms with Crippen molar-refractivity contribution in [1.82, 2.24) is 0 Å². The molecular formula is C27H12F6I6O2. The summed E-state index contributed by atoms with van der Waals surface area (Å²) < 4.78 is 88.9. The van der Waals surface area contributed by atoms with Crippen LogP contribution in [0.15, 0.2) is 60.7 Å². The Kier molecular flexibility index (Phi) is 11.6. The van der Waals surface area contributed by atoms with Gasteiger partial charge in [0, 0.05) is 14.3 Å². The van der Waals surface area contributed by atoms with Crippen LogP contribution in [0.3, 0.4) is 0 Å². The summed E-state index contributed by atoms with van der Waals surface area (Å²) in [6.45, 7) is 0. The molecule has 0 atom stereocenters. The number of halogens is 12. The third-order valence-corrected chi connectivity index (χ3v) is 14.1. The van der Waals surface area contributed by atoms with Crippen molar-refractivity contribution < 1.29 is 35.8 Å². The molecule has 216 valence electrons. The summed E-state index contributed by atoms with van der Waals surface area (Å²) in [6, 6.07) is 17.2. The van der Waals surface area contributed by atoms with Crippen molar-refractivity contribution >= 4 is 136 Å². The van der Waals surface area contributed by atoms with E-state index in [1.54, 1.807) is 24.3 Å². The zero-order valence-electron chi connectivity index (χ0n) is 19.8. The number of alkyl halides is 6. The van der Waals surface area contributed by atoms with Gasteiger partial charge >= 0.3 is 12.7 Å². The first-order valence-electron chi connectivity index (χ1n) is 11.1. The zero-order valence-corrected chi connectivity index (χ0v) is 32.8. The van der Waals surface area contributed by atoms with Crippen LogP contribution in [0, 0.1) is 21.4 Å². The van der Waals surface area contributed by atoms with Gasteiger partial charge in [-0.3, -0.25) is 0 Å². The normalized spacial score (nSPS) is 12.0. The van der Waals surface area contributed by atoms with Crippen LogP contribution in [-0.2, 0) is 6.42 Å². The maximum Gasteiger partial charge on any atom is 0.573 e. The van der Waals surface area contributed by atoms with Gasteiger partial charge in [0.2, 0.25) is 0 Å². The fraction of sp³-hybridized carbons (Fsp3) is 0.111. The predicted octanol–water partition coefficient (Wildman–Crippen LogP) is 12.0. The van der Waals surface area contributed by atoms with E-state index in [1.165, 1.54) is 12.1 Å². The average molecular weight is 1240 g/mol. The zero-order chi connectivity index (χ0) is 30.3. The number of ether oxygens (including phenoxy) is 2. The predicted molar refractivity (Wildman–Crippen MR) is 196 cm³/mol. The van der Waals surface area contributed by atoms with Gasteiger partial charge in [-0.1, -0.05) is 36.4 Å². The molecule has 41 heavy (non-hydrogen) atoms. The molecule has 0 heterocycles. The summed E-state index contributed by atoms with van der Waals surface area (Å²) >= 11 is 12.8. The van der Waals surface area contributed by atoms with Crippen LogP contribution in [0.2, 0.25) is 0 Å². The van der Waals surface area contributed by atoms with Gasteiger partial charge in [0.05, 0.1) is 7.14 Å². The molecule has 4 rings (SSSR count). The quantitative estimate of drug-likeness (QED) is 0.141. The molecule has 4 aromatic rings. The van der Waals surface area contributed by atoms with Crippen LogP contribution >= 0.6 is 136 Å². The fourth-order valence-corrected chi connectivity index (χ4v) is 8.10. The van der Waals surface area contributed by atoms with Crippen molar-refractivity contribution in [2.45, 2.75) is 19.1 Å². The monoisotopic (exact) mass is 1240 g/mol. The highest BCUT2D eigenvalue weighted by Gasteiger charge is 2.33. The Bertz CT molecular complexity index is 1500. The van der Waals surface area contributed by atoms with E-state index in [2.05, 4.69) is 99.8 Å². The van der Waals surface area contributed by atoms with Crippen molar-refractivity contribution in [2.24, 2.45) is 0 Å². The molecular weight excluding hydrogens is 1230 g/mol. The number of hydrogen-bond donors (Lipinski definition) is 0. The summed E-state index contributed by atoms with van der Waals surface area (Å²) in [6.07, 6.45) is -8.86. The van der Waals surface area contributed by atoms with E-state index in [1.807, 2.05) is 69.4 Å². The molecule has 0 N–H and O–H groups in total. The highest BCUT2D eigenvalue weighted by Crippen LogP contribution is 2.38. The van der Waals surface area contributed by atoms with E-state index in [0.717, 1.165) is 47.7 Å². The van der Waals surface area contributed by atoms with E-state index < -0.39 is 12.7 Å². The van der Waals surface area contributed by atoms with Crippen LogP contribution in [-0.4, -0.2) is 12.7 Å². The van der Waals surface area contributed by atoms with Crippen LogP contribution < -0.4 is 9.47 Å². The van der Waals surface area contributed by atoms with Gasteiger partial charge in [-0.25, -0.2) is 0 Å². The largest absolute Gasteiger partial charge is 0.573 e. The van der Waals surface area contributed by atoms with Crippen molar-refractivity contribution in [2.75, 3.05) is 0 Å². The minimum Gasteiger partial charge on any atom is -0.405 e. The van der Waals surface area contributed by atoms with E-state index in [9.17, 15) is 26.3 Å². The molecule has 0 unspecified atom stereocenters. The van der Waals surface area contributed by atoms with Gasteiger partial charge in [0.1, 0.15) is 11.5 Å². The van der Waals surface area contributed by atoms with Gasteiger partial charge in [-0.2, -0.15) is 0 Å². The van der Waals surface area contributed by atoms with Gasteiger partial charge < -0.3 is 9.47 Å². The van der Waals surface area contributed by atoms with E-state index in [4.69, 9.17) is 0 Å². The lowest BCUT2D eigenvalue weighted by molar-refractivity contribution is -0.276. The number of rotatable bonds is 6. The van der Waals surface area contributed by atoms with Crippen LogP contribution in [0.5, 0.6) is 11.5 Å². The highest BCUT2D eigenvalue weighted by molar-refractivity contribution is 14.1. The first-order chi connectivity index (χ1) is 19.0.